The van der Waals surface area contributed by atoms with Crippen molar-refractivity contribution in [2.45, 2.75) is 0 Å². The van der Waals surface area contributed by atoms with Crippen molar-refractivity contribution in [3.63, 3.8) is 0 Å². The lowest BCUT2D eigenvalue weighted by molar-refractivity contribution is 1.18. The fourth-order valence-corrected chi connectivity index (χ4v) is 0.605. The van der Waals surface area contributed by atoms with Gasteiger partial charge >= 0.3 is 0 Å². The Morgan fingerprint density at radius 3 is 2.70 bits per heavy atom. The van der Waals surface area contributed by atoms with E-state index in [-0.39, 0.29) is 5.95 Å². The van der Waals surface area contributed by atoms with Crippen molar-refractivity contribution in [2.75, 3.05) is 23.8 Å². The molecule has 0 atom stereocenters. The Balaban J connectivity index is 3.09. The maximum atomic E-state index is 5.46. The van der Waals surface area contributed by atoms with Gasteiger partial charge in [-0.15, -0.1) is 0 Å². The molecule has 0 aliphatic carbocycles. The van der Waals surface area contributed by atoms with Gasteiger partial charge in [0.1, 0.15) is 0 Å². The van der Waals surface area contributed by atoms with Crippen LogP contribution in [0.1, 0.15) is 0 Å². The molecule has 0 aliphatic heterocycles. The van der Waals surface area contributed by atoms with Crippen molar-refractivity contribution < 1.29 is 0 Å². The van der Waals surface area contributed by atoms with Crippen molar-refractivity contribution in [1.82, 2.24) is 9.97 Å². The second-order valence-electron chi connectivity index (χ2n) is 1.78. The van der Waals surface area contributed by atoms with Crippen molar-refractivity contribution in [2.24, 2.45) is 0 Å². The first-order valence-electron chi connectivity index (χ1n) is 2.80. The van der Waals surface area contributed by atoms with Crippen molar-refractivity contribution >= 4 is 17.5 Å². The summed E-state index contributed by atoms with van der Waals surface area (Å²) < 4.78 is 0. The van der Waals surface area contributed by atoms with Gasteiger partial charge in [0.2, 0.25) is 5.95 Å². The molecular weight excluding hydrogens is 130 g/mol. The van der Waals surface area contributed by atoms with Crippen LogP contribution in [0.3, 0.4) is 0 Å². The third-order valence-corrected chi connectivity index (χ3v) is 1.07. The monoisotopic (exact) mass is 139 g/mol. The third-order valence-electron chi connectivity index (χ3n) is 1.07. The standard InChI is InChI=1S/C5H9N5/c1-8-4-3(6)2-9-5(7)10-4/h2H,6H2,1H3,(H3,7,8,9,10). The van der Waals surface area contributed by atoms with Crippen LogP contribution in [0.25, 0.3) is 0 Å². The molecule has 0 aliphatic rings. The van der Waals surface area contributed by atoms with Crippen LogP contribution >= 0.6 is 0 Å². The Labute approximate surface area is 58.5 Å². The molecule has 10 heavy (non-hydrogen) atoms. The highest BCUT2D eigenvalue weighted by Gasteiger charge is 1.97. The smallest absolute Gasteiger partial charge is 0.222 e. The molecule has 5 N–H and O–H groups in total. The second kappa shape index (κ2) is 2.38. The van der Waals surface area contributed by atoms with Crippen LogP contribution in [-0.2, 0) is 0 Å². The van der Waals surface area contributed by atoms with Crippen LogP contribution in [0, 0.1) is 0 Å². The zero-order valence-corrected chi connectivity index (χ0v) is 5.63. The Bertz CT molecular complexity index is 233. The van der Waals surface area contributed by atoms with Gasteiger partial charge < -0.3 is 16.8 Å². The Morgan fingerprint density at radius 2 is 2.20 bits per heavy atom. The topological polar surface area (TPSA) is 89.8 Å². The van der Waals surface area contributed by atoms with Gasteiger partial charge in [-0.3, -0.25) is 0 Å². The molecular formula is C5H9N5. The highest BCUT2D eigenvalue weighted by atomic mass is 15.1. The third kappa shape index (κ3) is 1.07. The number of nitrogens with zero attached hydrogens (tertiary/aromatic N) is 2. The number of anilines is 3. The largest absolute Gasteiger partial charge is 0.394 e. The highest BCUT2D eigenvalue weighted by molar-refractivity contribution is 5.60. The van der Waals surface area contributed by atoms with Gasteiger partial charge in [0, 0.05) is 7.05 Å². The average Bonchev–Trinajstić information content (AvgIpc) is 1.94. The maximum Gasteiger partial charge on any atom is 0.222 e. The molecule has 5 nitrogen and oxygen atoms in total. The van der Waals surface area contributed by atoms with Gasteiger partial charge in [-0.1, -0.05) is 0 Å². The zero-order chi connectivity index (χ0) is 7.56. The Morgan fingerprint density at radius 1 is 1.50 bits per heavy atom. The second-order valence-corrected chi connectivity index (χ2v) is 1.78. The van der Waals surface area contributed by atoms with E-state index in [2.05, 4.69) is 15.3 Å². The minimum Gasteiger partial charge on any atom is -0.394 e. The molecule has 0 radical (unpaired) electrons. The normalized spacial score (nSPS) is 9.30. The van der Waals surface area contributed by atoms with E-state index in [0.29, 0.717) is 11.5 Å². The molecule has 0 saturated heterocycles. The number of hydrogen-bond donors (Lipinski definition) is 3. The van der Waals surface area contributed by atoms with Crippen LogP contribution in [0.2, 0.25) is 0 Å². The summed E-state index contributed by atoms with van der Waals surface area (Å²) in [5.41, 5.74) is 11.2. The van der Waals surface area contributed by atoms with Crippen molar-refractivity contribution in [3.05, 3.63) is 6.20 Å². The fraction of sp³-hybridized carbons (Fsp3) is 0.200. The van der Waals surface area contributed by atoms with E-state index in [0.717, 1.165) is 0 Å². The SMILES string of the molecule is CNc1nc(N)ncc1N. The van der Waals surface area contributed by atoms with Crippen molar-refractivity contribution in [3.8, 4) is 0 Å². The van der Waals surface area contributed by atoms with E-state index in [9.17, 15) is 0 Å². The number of nitrogens with one attached hydrogen (secondary N) is 1. The molecule has 0 spiro atoms. The maximum absolute atomic E-state index is 5.46. The number of nitrogen functional groups attached to an aromatic ring is 2. The van der Waals surface area contributed by atoms with Crippen LogP contribution < -0.4 is 16.8 Å². The van der Waals surface area contributed by atoms with Gasteiger partial charge in [0.25, 0.3) is 0 Å². The summed E-state index contributed by atoms with van der Waals surface area (Å²) >= 11 is 0. The summed E-state index contributed by atoms with van der Waals surface area (Å²) in [6.07, 6.45) is 1.47. The lowest BCUT2D eigenvalue weighted by Gasteiger charge is -2.01. The molecule has 54 valence electrons. The van der Waals surface area contributed by atoms with Crippen LogP contribution in [0.4, 0.5) is 17.5 Å². The van der Waals surface area contributed by atoms with Gasteiger partial charge in [-0.25, -0.2) is 4.98 Å². The van der Waals surface area contributed by atoms with Gasteiger partial charge in [-0.05, 0) is 0 Å². The minimum absolute atomic E-state index is 0.221. The quantitative estimate of drug-likeness (QED) is 0.496. The summed E-state index contributed by atoms with van der Waals surface area (Å²) in [5.74, 6) is 0.783. The van der Waals surface area contributed by atoms with Gasteiger partial charge in [0.15, 0.2) is 5.82 Å². The lowest BCUT2D eigenvalue weighted by Crippen LogP contribution is -2.03. The molecule has 0 unspecified atom stereocenters. The number of hydrogen-bond acceptors (Lipinski definition) is 5. The summed E-state index contributed by atoms with van der Waals surface area (Å²) in [6.45, 7) is 0. The van der Waals surface area contributed by atoms with E-state index >= 15 is 0 Å². The molecule has 1 aromatic heterocycles. The predicted octanol–water partition coefficient (Wildman–Crippen LogP) is -0.317. The Hall–Kier alpha value is -1.52. The summed E-state index contributed by atoms with van der Waals surface area (Å²) in [4.78, 5) is 7.51. The Kier molecular flexibility index (Phi) is 1.57. The van der Waals surface area contributed by atoms with E-state index in [4.69, 9.17) is 11.5 Å². The van der Waals surface area contributed by atoms with Gasteiger partial charge in [0.05, 0.1) is 11.9 Å². The molecule has 1 heterocycles. The molecule has 0 aromatic carbocycles. The highest BCUT2D eigenvalue weighted by Crippen LogP contribution is 2.12. The van der Waals surface area contributed by atoms with Crippen LogP contribution in [0.5, 0.6) is 0 Å². The first-order valence-corrected chi connectivity index (χ1v) is 2.80. The number of nitrogens with two attached hydrogens (primary N) is 2. The molecule has 0 bridgehead atoms. The average molecular weight is 139 g/mol. The van der Waals surface area contributed by atoms with Gasteiger partial charge in [-0.2, -0.15) is 4.98 Å². The first kappa shape index (κ1) is 6.60. The molecule has 0 saturated carbocycles. The van der Waals surface area contributed by atoms with Crippen LogP contribution in [-0.4, -0.2) is 17.0 Å². The molecule has 1 aromatic rings. The van der Waals surface area contributed by atoms with E-state index in [1.54, 1.807) is 7.05 Å². The molecule has 0 fully saturated rings. The number of aromatic nitrogens is 2. The van der Waals surface area contributed by atoms with E-state index < -0.39 is 0 Å². The minimum atomic E-state index is 0.221. The number of rotatable bonds is 1. The zero-order valence-electron chi connectivity index (χ0n) is 5.63. The van der Waals surface area contributed by atoms with Crippen molar-refractivity contribution in [1.29, 1.82) is 0 Å². The molecule has 5 heteroatoms. The predicted molar refractivity (Wildman–Crippen MR) is 40.4 cm³/mol. The fourth-order valence-electron chi connectivity index (χ4n) is 0.605. The van der Waals surface area contributed by atoms with E-state index in [1.807, 2.05) is 0 Å². The summed E-state index contributed by atoms with van der Waals surface area (Å²) in [7, 11) is 1.72. The molecule has 1 rings (SSSR count). The van der Waals surface area contributed by atoms with Crippen LogP contribution in [0.15, 0.2) is 6.20 Å². The first-order chi connectivity index (χ1) is 4.74. The summed E-state index contributed by atoms with van der Waals surface area (Å²) in [5, 5.41) is 2.78. The lowest BCUT2D eigenvalue weighted by atomic mass is 10.5. The summed E-state index contributed by atoms with van der Waals surface area (Å²) in [6, 6.07) is 0. The molecule has 0 amide bonds. The van der Waals surface area contributed by atoms with E-state index in [1.165, 1.54) is 6.20 Å².